The third-order valence-electron chi connectivity index (χ3n) is 6.13. The van der Waals surface area contributed by atoms with Crippen molar-refractivity contribution in [2.75, 3.05) is 19.3 Å². The molecule has 2 fully saturated rings. The maximum absolute atomic E-state index is 13.5. The van der Waals surface area contributed by atoms with E-state index in [1.807, 2.05) is 0 Å². The summed E-state index contributed by atoms with van der Waals surface area (Å²) in [6.07, 6.45) is -1.85. The van der Waals surface area contributed by atoms with Crippen molar-refractivity contribution in [1.29, 1.82) is 0 Å². The summed E-state index contributed by atoms with van der Waals surface area (Å²) in [6.45, 7) is 0.874. The van der Waals surface area contributed by atoms with Crippen molar-refractivity contribution in [3.63, 3.8) is 0 Å². The number of nitrogens with zero attached hydrogens (tertiary/aromatic N) is 1. The van der Waals surface area contributed by atoms with Crippen LogP contribution in [0.1, 0.15) is 25.7 Å². The van der Waals surface area contributed by atoms with E-state index in [9.17, 15) is 40.0 Å². The van der Waals surface area contributed by atoms with Gasteiger partial charge in [0, 0.05) is 19.1 Å². The maximum Gasteiger partial charge on any atom is 0.573 e. The third kappa shape index (κ3) is 8.28. The molecule has 2 aromatic carbocycles. The van der Waals surface area contributed by atoms with Crippen molar-refractivity contribution in [3.8, 4) is 17.2 Å². The molecule has 216 valence electrons. The first-order chi connectivity index (χ1) is 18.0. The first-order valence-corrected chi connectivity index (χ1v) is 14.9. The van der Waals surface area contributed by atoms with Crippen LogP contribution in [0.5, 0.6) is 17.2 Å². The maximum atomic E-state index is 13.5. The van der Waals surface area contributed by atoms with Crippen LogP contribution in [0.3, 0.4) is 0 Å². The van der Waals surface area contributed by atoms with Gasteiger partial charge in [0.15, 0.2) is 14.6 Å². The van der Waals surface area contributed by atoms with Gasteiger partial charge < -0.3 is 14.4 Å². The molecule has 39 heavy (non-hydrogen) atoms. The van der Waals surface area contributed by atoms with E-state index >= 15 is 0 Å². The number of nitrogens with one attached hydrogen (secondary N) is 1. The average molecular weight is 597 g/mol. The minimum absolute atomic E-state index is 0.0584. The van der Waals surface area contributed by atoms with Crippen LogP contribution in [-0.4, -0.2) is 73.9 Å². The van der Waals surface area contributed by atoms with E-state index in [0.717, 1.165) is 25.0 Å². The molecule has 0 spiro atoms. The minimum atomic E-state index is -4.80. The van der Waals surface area contributed by atoms with Gasteiger partial charge in [0.2, 0.25) is 0 Å². The Hall–Kier alpha value is -2.92. The number of hydrogen-bond donors (Lipinski definition) is 3. The lowest BCUT2D eigenvalue weighted by Crippen LogP contribution is -2.58. The third-order valence-corrected chi connectivity index (χ3v) is 8.64. The average Bonchev–Trinajstić information content (AvgIpc) is 3.69. The highest BCUT2D eigenvalue weighted by molar-refractivity contribution is 7.93. The second-order valence-electron chi connectivity index (χ2n) is 9.03. The van der Waals surface area contributed by atoms with Crippen LogP contribution in [0.25, 0.3) is 0 Å². The van der Waals surface area contributed by atoms with Crippen molar-refractivity contribution in [2.24, 2.45) is 0 Å². The van der Waals surface area contributed by atoms with E-state index in [1.165, 1.54) is 41.9 Å². The van der Waals surface area contributed by atoms with E-state index in [0.29, 0.717) is 25.4 Å². The zero-order valence-corrected chi connectivity index (χ0v) is 22.2. The first kappa shape index (κ1) is 30.6. The molecular formula is C23H27F3N2O9S2. The highest BCUT2D eigenvalue weighted by atomic mass is 32.2. The summed E-state index contributed by atoms with van der Waals surface area (Å²) in [6, 6.07) is 10.5. The molecule has 0 aromatic heterocycles. The Bertz CT molecular complexity index is 1350. The fourth-order valence-corrected chi connectivity index (χ4v) is 6.12. The Balaban J connectivity index is 0.000000771. The summed E-state index contributed by atoms with van der Waals surface area (Å²) in [4.78, 5) is 14.6. The lowest BCUT2D eigenvalue weighted by atomic mass is 9.94. The largest absolute Gasteiger partial charge is 0.573 e. The normalized spacial score (nSPS) is 17.9. The second-order valence-corrected chi connectivity index (χ2v) is 12.8. The fourth-order valence-electron chi connectivity index (χ4n) is 4.17. The molecule has 1 aliphatic carbocycles. The molecule has 3 N–H and O–H groups in total. The van der Waals surface area contributed by atoms with Crippen LogP contribution in [0.2, 0.25) is 0 Å². The highest BCUT2D eigenvalue weighted by Crippen LogP contribution is 2.39. The lowest BCUT2D eigenvalue weighted by molar-refractivity contribution is -0.274. The second kappa shape index (κ2) is 11.7. The number of hydroxylamine groups is 1. The number of rotatable bonds is 7. The summed E-state index contributed by atoms with van der Waals surface area (Å²) in [7, 11) is -7.82. The molecule has 1 amide bonds. The number of piperidine rings is 1. The van der Waals surface area contributed by atoms with E-state index in [2.05, 4.69) is 9.64 Å². The smallest absolute Gasteiger partial charge is 0.457 e. The van der Waals surface area contributed by atoms with Gasteiger partial charge in [-0.05, 0) is 74.2 Å². The standard InChI is InChI=1S/C22H23F3N2O6S.CH4O3S/c23-22(24,25)33-18-5-3-16(4-6-18)32-17-7-9-19(10-8-17)34(30,31)21(20(28)26-29)11-13-27(14-12-21)15-1-2-15;1-5(2,3)4/h3-10,15,29H,1-2,11-14H2,(H,26,28);1H3,(H,2,3,4). The predicted molar refractivity (Wildman–Crippen MR) is 131 cm³/mol. The summed E-state index contributed by atoms with van der Waals surface area (Å²) >= 11 is 0. The van der Waals surface area contributed by atoms with Crippen LogP contribution in [0, 0.1) is 0 Å². The Labute approximate surface area is 223 Å². The molecule has 11 nitrogen and oxygen atoms in total. The number of halogens is 3. The number of likely N-dealkylation sites (tertiary alicyclic amines) is 1. The van der Waals surface area contributed by atoms with E-state index in [-0.39, 0.29) is 29.2 Å². The zero-order valence-electron chi connectivity index (χ0n) is 20.6. The number of amides is 1. The SMILES string of the molecule is CS(=O)(=O)O.O=C(NO)C1(S(=O)(=O)c2ccc(Oc3ccc(OC(F)(F)F)cc3)cc2)CCN(C2CC2)CC1. The van der Waals surface area contributed by atoms with Crippen LogP contribution in [0.15, 0.2) is 53.4 Å². The Morgan fingerprint density at radius 3 is 1.79 bits per heavy atom. The number of ether oxygens (including phenoxy) is 2. The number of benzene rings is 2. The zero-order chi connectivity index (χ0) is 29.1. The van der Waals surface area contributed by atoms with Gasteiger partial charge in [0.1, 0.15) is 17.2 Å². The van der Waals surface area contributed by atoms with Gasteiger partial charge in [-0.15, -0.1) is 13.2 Å². The predicted octanol–water partition coefficient (Wildman–Crippen LogP) is 3.16. The molecule has 1 heterocycles. The number of carbonyl (C=O) groups excluding carboxylic acids is 1. The molecule has 0 unspecified atom stereocenters. The van der Waals surface area contributed by atoms with Gasteiger partial charge >= 0.3 is 6.36 Å². The lowest BCUT2D eigenvalue weighted by Gasteiger charge is -2.39. The quantitative estimate of drug-likeness (QED) is 0.246. The molecule has 2 aromatic rings. The number of alkyl halides is 3. The molecule has 1 aliphatic heterocycles. The molecule has 0 atom stereocenters. The Morgan fingerprint density at radius 1 is 0.949 bits per heavy atom. The van der Waals surface area contributed by atoms with E-state index in [1.54, 1.807) is 0 Å². The van der Waals surface area contributed by atoms with Crippen LogP contribution < -0.4 is 15.0 Å². The number of sulfone groups is 1. The van der Waals surface area contributed by atoms with Gasteiger partial charge in [-0.2, -0.15) is 8.42 Å². The van der Waals surface area contributed by atoms with E-state index in [4.69, 9.17) is 9.29 Å². The summed E-state index contributed by atoms with van der Waals surface area (Å²) in [5.41, 5.74) is 1.53. The molecule has 0 radical (unpaired) electrons. The van der Waals surface area contributed by atoms with E-state index < -0.39 is 42.7 Å². The van der Waals surface area contributed by atoms with Crippen molar-refractivity contribution in [2.45, 2.75) is 47.7 Å². The van der Waals surface area contributed by atoms with Crippen LogP contribution >= 0.6 is 0 Å². The minimum Gasteiger partial charge on any atom is -0.457 e. The van der Waals surface area contributed by atoms with Gasteiger partial charge in [-0.25, -0.2) is 13.9 Å². The first-order valence-electron chi connectivity index (χ1n) is 11.5. The van der Waals surface area contributed by atoms with Crippen molar-refractivity contribution in [3.05, 3.63) is 48.5 Å². The van der Waals surface area contributed by atoms with Gasteiger partial charge in [-0.1, -0.05) is 0 Å². The molecule has 2 aliphatic rings. The summed E-state index contributed by atoms with van der Waals surface area (Å²) in [5, 5.41) is 9.27. The molecule has 16 heteroatoms. The van der Waals surface area contributed by atoms with Crippen molar-refractivity contribution < 1.29 is 54.0 Å². The molecule has 1 saturated carbocycles. The van der Waals surface area contributed by atoms with Crippen molar-refractivity contribution in [1.82, 2.24) is 10.4 Å². The number of carbonyl (C=O) groups is 1. The van der Waals surface area contributed by atoms with Crippen LogP contribution in [-0.2, 0) is 24.7 Å². The Kier molecular flexibility index (Phi) is 9.16. The summed E-state index contributed by atoms with van der Waals surface area (Å²) in [5.74, 6) is -0.896. The summed E-state index contributed by atoms with van der Waals surface area (Å²) < 4.78 is 97.2. The topological polar surface area (TPSA) is 160 Å². The van der Waals surface area contributed by atoms with Crippen molar-refractivity contribution >= 4 is 25.9 Å². The van der Waals surface area contributed by atoms with Gasteiger partial charge in [0.05, 0.1) is 11.2 Å². The molecule has 4 rings (SSSR count). The van der Waals surface area contributed by atoms with Crippen LogP contribution in [0.4, 0.5) is 13.2 Å². The monoisotopic (exact) mass is 596 g/mol. The highest BCUT2D eigenvalue weighted by Gasteiger charge is 2.54. The fraction of sp³-hybridized carbons (Fsp3) is 0.435. The molecule has 0 bridgehead atoms. The molecule has 1 saturated heterocycles. The Morgan fingerprint density at radius 2 is 1.38 bits per heavy atom. The number of hydrogen-bond acceptors (Lipinski definition) is 9. The van der Waals surface area contributed by atoms with Gasteiger partial charge in [0.25, 0.3) is 16.0 Å². The van der Waals surface area contributed by atoms with Gasteiger partial charge in [-0.3, -0.25) is 14.6 Å². The molecular weight excluding hydrogens is 569 g/mol.